The molecule has 2 aromatic carbocycles. The summed E-state index contributed by atoms with van der Waals surface area (Å²) in [4.78, 5) is 1.58. The van der Waals surface area contributed by atoms with E-state index in [1.165, 1.54) is 0 Å². The lowest BCUT2D eigenvalue weighted by Crippen LogP contribution is -2.06. The van der Waals surface area contributed by atoms with Crippen molar-refractivity contribution in [2.75, 3.05) is 6.61 Å². The van der Waals surface area contributed by atoms with Crippen molar-refractivity contribution in [1.82, 2.24) is 20.2 Å². The fourth-order valence-electron chi connectivity index (χ4n) is 2.95. The van der Waals surface area contributed by atoms with Crippen molar-refractivity contribution in [3.8, 4) is 11.4 Å². The minimum absolute atomic E-state index is 0.0766. The highest BCUT2D eigenvalue weighted by atomic mass is 16.5. The first-order chi connectivity index (χ1) is 13.2. The molecule has 0 atom stereocenters. The van der Waals surface area contributed by atoms with E-state index in [1.807, 2.05) is 56.3 Å². The third-order valence-corrected chi connectivity index (χ3v) is 4.48. The molecule has 4 rings (SSSR count). The molecule has 0 spiro atoms. The van der Waals surface area contributed by atoms with E-state index in [2.05, 4.69) is 15.4 Å². The van der Waals surface area contributed by atoms with E-state index in [9.17, 15) is 5.11 Å². The van der Waals surface area contributed by atoms with Crippen LogP contribution < -0.4 is 4.74 Å². The Morgan fingerprint density at radius 2 is 1.81 bits per heavy atom. The van der Waals surface area contributed by atoms with Gasteiger partial charge in [0.25, 0.3) is 0 Å². The van der Waals surface area contributed by atoms with Gasteiger partial charge in [-0.2, -0.15) is 0 Å². The summed E-state index contributed by atoms with van der Waals surface area (Å²) in [6.45, 7) is 4.18. The molecular formula is C20H20N4O3. The largest absolute Gasteiger partial charge is 0.486 e. The van der Waals surface area contributed by atoms with E-state index < -0.39 is 0 Å². The molecule has 0 bridgehead atoms. The number of aliphatic hydroxyl groups is 1. The molecule has 7 nitrogen and oxygen atoms in total. The number of benzene rings is 2. The Balaban J connectivity index is 1.72. The molecule has 0 unspecified atom stereocenters. The predicted octanol–water partition coefficient (Wildman–Crippen LogP) is 3.14. The van der Waals surface area contributed by atoms with Crippen LogP contribution in [0.1, 0.15) is 22.6 Å². The quantitative estimate of drug-likeness (QED) is 0.566. The van der Waals surface area contributed by atoms with Crippen LogP contribution in [0.5, 0.6) is 5.75 Å². The molecule has 7 heteroatoms. The van der Waals surface area contributed by atoms with Gasteiger partial charge in [0.2, 0.25) is 0 Å². The van der Waals surface area contributed by atoms with Crippen molar-refractivity contribution < 1.29 is 14.4 Å². The van der Waals surface area contributed by atoms with Gasteiger partial charge in [0.15, 0.2) is 0 Å². The van der Waals surface area contributed by atoms with Crippen LogP contribution in [0.4, 0.5) is 0 Å². The van der Waals surface area contributed by atoms with Crippen LogP contribution in [0.3, 0.4) is 0 Å². The van der Waals surface area contributed by atoms with Crippen LogP contribution in [0, 0.1) is 13.8 Å². The van der Waals surface area contributed by atoms with Gasteiger partial charge in [-0.05, 0) is 50.1 Å². The zero-order valence-corrected chi connectivity index (χ0v) is 15.2. The van der Waals surface area contributed by atoms with E-state index in [4.69, 9.17) is 9.26 Å². The Morgan fingerprint density at radius 1 is 1.07 bits per heavy atom. The molecule has 27 heavy (non-hydrogen) atoms. The average molecular weight is 364 g/mol. The van der Waals surface area contributed by atoms with Gasteiger partial charge in [-0.1, -0.05) is 23.4 Å². The lowest BCUT2D eigenvalue weighted by molar-refractivity contribution is 0.296. The van der Waals surface area contributed by atoms with Crippen molar-refractivity contribution in [1.29, 1.82) is 0 Å². The Kier molecular flexibility index (Phi) is 4.60. The maximum atomic E-state index is 9.27. The average Bonchev–Trinajstić information content (AvgIpc) is 3.24. The molecule has 4 aromatic rings. The number of aryl methyl sites for hydroxylation is 2. The smallest absolute Gasteiger partial charge is 0.147 e. The van der Waals surface area contributed by atoms with E-state index >= 15 is 0 Å². The van der Waals surface area contributed by atoms with Gasteiger partial charge in [0.1, 0.15) is 34.8 Å². The molecule has 2 aromatic heterocycles. The van der Waals surface area contributed by atoms with Crippen LogP contribution in [0.2, 0.25) is 0 Å². The summed E-state index contributed by atoms with van der Waals surface area (Å²) in [5, 5.41) is 22.3. The number of hydrogen-bond acceptors (Lipinski definition) is 6. The number of aromatic nitrogens is 4. The van der Waals surface area contributed by atoms with Gasteiger partial charge in [0.05, 0.1) is 11.3 Å². The normalized spacial score (nSPS) is 11.2. The van der Waals surface area contributed by atoms with Crippen LogP contribution in [-0.2, 0) is 13.0 Å². The highest BCUT2D eigenvalue weighted by Gasteiger charge is 2.14. The van der Waals surface area contributed by atoms with Gasteiger partial charge in [-0.25, -0.2) is 0 Å². The molecule has 0 radical (unpaired) electrons. The van der Waals surface area contributed by atoms with E-state index in [0.29, 0.717) is 18.8 Å². The Morgan fingerprint density at radius 3 is 2.44 bits per heavy atom. The second kappa shape index (κ2) is 7.20. The topological polar surface area (TPSA) is 86.2 Å². The molecule has 0 amide bonds. The molecular weight excluding hydrogens is 344 g/mol. The monoisotopic (exact) mass is 364 g/mol. The predicted molar refractivity (Wildman–Crippen MR) is 100.0 cm³/mol. The number of hydrogen-bond donors (Lipinski definition) is 1. The van der Waals surface area contributed by atoms with Crippen molar-refractivity contribution in [2.45, 2.75) is 26.9 Å². The molecule has 0 aliphatic carbocycles. The summed E-state index contributed by atoms with van der Waals surface area (Å²) in [6.07, 6.45) is 0.554. The fourth-order valence-corrected chi connectivity index (χ4v) is 2.95. The van der Waals surface area contributed by atoms with Crippen molar-refractivity contribution in [3.63, 3.8) is 0 Å². The van der Waals surface area contributed by atoms with Gasteiger partial charge in [-0.15, -0.1) is 15.0 Å². The Bertz CT molecular complexity index is 1030. The second-order valence-corrected chi connectivity index (χ2v) is 6.35. The van der Waals surface area contributed by atoms with E-state index in [-0.39, 0.29) is 6.61 Å². The summed E-state index contributed by atoms with van der Waals surface area (Å²) in [7, 11) is 0. The third-order valence-electron chi connectivity index (χ3n) is 4.48. The Hall–Kier alpha value is -3.19. The van der Waals surface area contributed by atoms with Crippen molar-refractivity contribution in [2.24, 2.45) is 0 Å². The van der Waals surface area contributed by atoms with Gasteiger partial charge in [-0.3, -0.25) is 0 Å². The van der Waals surface area contributed by atoms with Crippen LogP contribution in [0.15, 0.2) is 47.0 Å². The molecule has 0 saturated heterocycles. The molecule has 0 fully saturated rings. The van der Waals surface area contributed by atoms with Crippen LogP contribution in [0.25, 0.3) is 16.7 Å². The van der Waals surface area contributed by atoms with Crippen LogP contribution >= 0.6 is 0 Å². The Labute approximate surface area is 156 Å². The lowest BCUT2D eigenvalue weighted by atomic mass is 10.1. The summed E-state index contributed by atoms with van der Waals surface area (Å²) in [5.41, 5.74) is 5.07. The molecule has 0 saturated carbocycles. The molecule has 138 valence electrons. The number of aliphatic hydroxyl groups excluding tert-OH is 1. The number of nitrogens with zero attached hydrogens (tertiary/aromatic N) is 4. The second-order valence-electron chi connectivity index (χ2n) is 6.35. The summed E-state index contributed by atoms with van der Waals surface area (Å²) >= 11 is 0. The summed E-state index contributed by atoms with van der Waals surface area (Å²) in [5.74, 6) is 1.39. The molecule has 0 aliphatic heterocycles. The molecule has 2 heterocycles. The molecule has 0 aliphatic rings. The van der Waals surface area contributed by atoms with Gasteiger partial charge < -0.3 is 14.4 Å². The third kappa shape index (κ3) is 3.41. The number of rotatable bonds is 6. The van der Waals surface area contributed by atoms with E-state index in [0.717, 1.165) is 39.3 Å². The number of fused-ring (bicyclic) bond motifs is 1. The summed E-state index contributed by atoms with van der Waals surface area (Å²) < 4.78 is 11.3. The SMILES string of the molecule is Cc1noc(C)c1COc1ccc(CCO)cc1-n1nc2ccccc2n1. The first-order valence-corrected chi connectivity index (χ1v) is 8.76. The first kappa shape index (κ1) is 17.2. The zero-order valence-electron chi connectivity index (χ0n) is 15.2. The van der Waals surface area contributed by atoms with Crippen molar-refractivity contribution in [3.05, 3.63) is 65.0 Å². The standard InChI is InChI=1S/C20H20N4O3/c1-13-16(14(2)27-23-13)12-26-20-8-7-15(9-10-25)11-19(20)24-21-17-5-3-4-6-18(17)22-24/h3-8,11,25H,9-10,12H2,1-2H3. The number of ether oxygens (including phenoxy) is 1. The van der Waals surface area contributed by atoms with Gasteiger partial charge in [0, 0.05) is 6.61 Å². The van der Waals surface area contributed by atoms with Gasteiger partial charge >= 0.3 is 0 Å². The van der Waals surface area contributed by atoms with Crippen molar-refractivity contribution >= 4 is 11.0 Å². The van der Waals surface area contributed by atoms with Crippen LogP contribution in [-0.4, -0.2) is 31.9 Å². The first-order valence-electron chi connectivity index (χ1n) is 8.76. The minimum Gasteiger partial charge on any atom is -0.486 e. The summed E-state index contributed by atoms with van der Waals surface area (Å²) in [6, 6.07) is 13.5. The zero-order chi connectivity index (χ0) is 18.8. The van der Waals surface area contributed by atoms with E-state index in [1.54, 1.807) is 4.80 Å². The molecule has 1 N–H and O–H groups in total. The fraction of sp³-hybridized carbons (Fsp3) is 0.250. The maximum Gasteiger partial charge on any atom is 0.147 e. The highest BCUT2D eigenvalue weighted by molar-refractivity contribution is 5.73. The minimum atomic E-state index is 0.0766. The maximum absolute atomic E-state index is 9.27. The highest BCUT2D eigenvalue weighted by Crippen LogP contribution is 2.26. The lowest BCUT2D eigenvalue weighted by Gasteiger charge is -2.12.